The second-order valence-corrected chi connectivity index (χ2v) is 12.0. The summed E-state index contributed by atoms with van der Waals surface area (Å²) in [7, 11) is -3.69. The molecule has 2 aliphatic rings. The third-order valence-corrected chi connectivity index (χ3v) is 8.51. The van der Waals surface area contributed by atoms with Crippen molar-refractivity contribution in [2.24, 2.45) is 11.8 Å². The standard InChI is InChI=1S/C23H33N3O5S/c1-23(2,3)22-24-19-14-18(32(29,30)25-10-6-17(7-11-25)21(27)28)4-5-20(19)26(22)15-16-8-12-31-13-9-16/h4-5,14,16-17H,6-13,15H2,1-3H3,(H,27,28). The highest BCUT2D eigenvalue weighted by Crippen LogP contribution is 2.31. The predicted octanol–water partition coefficient (Wildman–Crippen LogP) is 3.25. The number of ether oxygens (including phenoxy) is 1. The van der Waals surface area contributed by atoms with Gasteiger partial charge in [-0.1, -0.05) is 20.8 Å². The third-order valence-electron chi connectivity index (χ3n) is 6.61. The topological polar surface area (TPSA) is 102 Å². The summed E-state index contributed by atoms with van der Waals surface area (Å²) >= 11 is 0. The smallest absolute Gasteiger partial charge is 0.306 e. The molecule has 9 heteroatoms. The summed E-state index contributed by atoms with van der Waals surface area (Å²) in [5, 5.41) is 9.19. The van der Waals surface area contributed by atoms with Crippen LogP contribution in [0.2, 0.25) is 0 Å². The highest BCUT2D eigenvalue weighted by Gasteiger charge is 2.33. The van der Waals surface area contributed by atoms with Crippen molar-refractivity contribution in [3.05, 3.63) is 24.0 Å². The van der Waals surface area contributed by atoms with Crippen LogP contribution in [0.1, 0.15) is 52.3 Å². The van der Waals surface area contributed by atoms with Gasteiger partial charge in [0.15, 0.2) is 0 Å². The molecule has 32 heavy (non-hydrogen) atoms. The number of carboxylic acids is 1. The zero-order chi connectivity index (χ0) is 23.1. The van der Waals surface area contributed by atoms with Crippen LogP contribution in [0.3, 0.4) is 0 Å². The van der Waals surface area contributed by atoms with Gasteiger partial charge in [-0.05, 0) is 49.8 Å². The van der Waals surface area contributed by atoms with Crippen molar-refractivity contribution >= 4 is 27.0 Å². The molecule has 2 aromatic rings. The van der Waals surface area contributed by atoms with E-state index in [-0.39, 0.29) is 23.4 Å². The molecule has 4 rings (SSSR count). The minimum atomic E-state index is -3.69. The fourth-order valence-electron chi connectivity index (χ4n) is 4.71. The van der Waals surface area contributed by atoms with Crippen molar-refractivity contribution in [2.75, 3.05) is 26.3 Å². The predicted molar refractivity (Wildman–Crippen MR) is 121 cm³/mol. The summed E-state index contributed by atoms with van der Waals surface area (Å²) in [6, 6.07) is 5.20. The number of nitrogens with zero attached hydrogens (tertiary/aromatic N) is 3. The second kappa shape index (κ2) is 8.76. The fourth-order valence-corrected chi connectivity index (χ4v) is 6.20. The van der Waals surface area contributed by atoms with E-state index in [9.17, 15) is 18.3 Å². The minimum Gasteiger partial charge on any atom is -0.481 e. The summed E-state index contributed by atoms with van der Waals surface area (Å²) in [4.78, 5) is 16.3. The lowest BCUT2D eigenvalue weighted by Gasteiger charge is -2.29. The van der Waals surface area contributed by atoms with Gasteiger partial charge >= 0.3 is 5.97 Å². The molecule has 0 aliphatic carbocycles. The van der Waals surface area contributed by atoms with Gasteiger partial charge in [-0.3, -0.25) is 4.79 Å². The first-order valence-corrected chi connectivity index (χ1v) is 12.8. The number of piperidine rings is 1. The molecule has 0 bridgehead atoms. The molecule has 1 N–H and O–H groups in total. The van der Waals surface area contributed by atoms with Crippen molar-refractivity contribution in [1.82, 2.24) is 13.9 Å². The molecule has 0 atom stereocenters. The Kier molecular flexibility index (Phi) is 6.35. The lowest BCUT2D eigenvalue weighted by atomic mass is 9.94. The summed E-state index contributed by atoms with van der Waals surface area (Å²) in [5.74, 6) is 0.143. The Morgan fingerprint density at radius 3 is 2.41 bits per heavy atom. The van der Waals surface area contributed by atoms with Crippen LogP contribution in [-0.2, 0) is 31.5 Å². The Labute approximate surface area is 189 Å². The van der Waals surface area contributed by atoms with Crippen LogP contribution in [-0.4, -0.2) is 59.7 Å². The fraction of sp³-hybridized carbons (Fsp3) is 0.652. The van der Waals surface area contributed by atoms with E-state index in [1.165, 1.54) is 4.31 Å². The molecule has 0 spiro atoms. The van der Waals surface area contributed by atoms with E-state index in [1.54, 1.807) is 12.1 Å². The number of carboxylic acid groups (broad SMARTS) is 1. The van der Waals surface area contributed by atoms with Gasteiger partial charge in [0, 0.05) is 38.3 Å². The number of benzene rings is 1. The summed E-state index contributed by atoms with van der Waals surface area (Å²) in [5.41, 5.74) is 1.45. The molecular formula is C23H33N3O5S. The number of fused-ring (bicyclic) bond motifs is 1. The van der Waals surface area contributed by atoms with Crippen molar-refractivity contribution in [1.29, 1.82) is 0 Å². The van der Waals surface area contributed by atoms with Gasteiger partial charge in [0.25, 0.3) is 0 Å². The first-order valence-electron chi connectivity index (χ1n) is 11.4. The maximum absolute atomic E-state index is 13.2. The van der Waals surface area contributed by atoms with Crippen LogP contribution in [0, 0.1) is 11.8 Å². The first kappa shape index (κ1) is 23.2. The van der Waals surface area contributed by atoms with Gasteiger partial charge in [0.05, 0.1) is 21.8 Å². The number of rotatable bonds is 5. The Hall–Kier alpha value is -1.97. The number of aromatic nitrogens is 2. The monoisotopic (exact) mass is 463 g/mol. The van der Waals surface area contributed by atoms with Crippen LogP contribution in [0.4, 0.5) is 0 Å². The van der Waals surface area contributed by atoms with Crippen molar-refractivity contribution in [2.45, 2.75) is 63.3 Å². The lowest BCUT2D eigenvalue weighted by molar-refractivity contribution is -0.142. The largest absolute Gasteiger partial charge is 0.481 e. The summed E-state index contributed by atoms with van der Waals surface area (Å²) in [6.07, 6.45) is 2.71. The normalized spacial score (nSPS) is 20.1. The zero-order valence-corrected chi connectivity index (χ0v) is 19.9. The van der Waals surface area contributed by atoms with Crippen molar-refractivity contribution in [3.63, 3.8) is 0 Å². The van der Waals surface area contributed by atoms with Gasteiger partial charge in [-0.15, -0.1) is 0 Å². The van der Waals surface area contributed by atoms with E-state index < -0.39 is 21.9 Å². The molecule has 2 saturated heterocycles. The maximum Gasteiger partial charge on any atom is 0.306 e. The summed E-state index contributed by atoms with van der Waals surface area (Å²) in [6.45, 7) is 9.23. The molecule has 1 aromatic carbocycles. The SMILES string of the molecule is CC(C)(C)c1nc2cc(S(=O)(=O)N3CCC(C(=O)O)CC3)ccc2n1CC1CCOCC1. The molecule has 0 amide bonds. The van der Waals surface area contributed by atoms with Crippen LogP contribution in [0.5, 0.6) is 0 Å². The Morgan fingerprint density at radius 1 is 1.16 bits per heavy atom. The molecule has 0 saturated carbocycles. The maximum atomic E-state index is 13.2. The Balaban J connectivity index is 1.66. The number of sulfonamides is 1. The van der Waals surface area contributed by atoms with Crippen molar-refractivity contribution < 1.29 is 23.1 Å². The quantitative estimate of drug-likeness (QED) is 0.730. The molecule has 3 heterocycles. The van der Waals surface area contributed by atoms with Gasteiger partial charge in [0.1, 0.15) is 5.82 Å². The Bertz CT molecular complexity index is 1090. The molecule has 0 radical (unpaired) electrons. The molecular weight excluding hydrogens is 430 g/mol. The molecule has 2 fully saturated rings. The highest BCUT2D eigenvalue weighted by atomic mass is 32.2. The Morgan fingerprint density at radius 2 is 1.81 bits per heavy atom. The summed E-state index contributed by atoms with van der Waals surface area (Å²) < 4.78 is 35.6. The first-order chi connectivity index (χ1) is 15.1. The second-order valence-electron chi connectivity index (χ2n) is 10.0. The van der Waals surface area contributed by atoms with Gasteiger partial charge in [-0.2, -0.15) is 4.31 Å². The average Bonchev–Trinajstić information content (AvgIpc) is 3.13. The third kappa shape index (κ3) is 4.56. The van der Waals surface area contributed by atoms with Gasteiger partial charge in [-0.25, -0.2) is 13.4 Å². The minimum absolute atomic E-state index is 0.179. The van der Waals surface area contributed by atoms with Crippen LogP contribution in [0.15, 0.2) is 23.1 Å². The number of imidazole rings is 1. The number of aliphatic carboxylic acids is 1. The van der Waals surface area contributed by atoms with E-state index in [2.05, 4.69) is 25.3 Å². The number of hydrogen-bond acceptors (Lipinski definition) is 5. The molecule has 2 aliphatic heterocycles. The molecule has 8 nitrogen and oxygen atoms in total. The van der Waals surface area contributed by atoms with Gasteiger partial charge < -0.3 is 14.4 Å². The average molecular weight is 464 g/mol. The number of hydrogen-bond donors (Lipinski definition) is 1. The van der Waals surface area contributed by atoms with E-state index >= 15 is 0 Å². The molecule has 0 unspecified atom stereocenters. The van der Waals surface area contributed by atoms with Gasteiger partial charge in [0.2, 0.25) is 10.0 Å². The zero-order valence-electron chi connectivity index (χ0n) is 19.1. The van der Waals surface area contributed by atoms with E-state index in [0.29, 0.717) is 24.3 Å². The van der Waals surface area contributed by atoms with Crippen molar-refractivity contribution in [3.8, 4) is 0 Å². The van der Waals surface area contributed by atoms with E-state index in [1.807, 2.05) is 6.07 Å². The lowest BCUT2D eigenvalue weighted by Crippen LogP contribution is -2.40. The molecule has 176 valence electrons. The molecule has 1 aromatic heterocycles. The van der Waals surface area contributed by atoms with Crippen LogP contribution >= 0.6 is 0 Å². The highest BCUT2D eigenvalue weighted by molar-refractivity contribution is 7.89. The number of carbonyl (C=O) groups is 1. The van der Waals surface area contributed by atoms with Crippen LogP contribution < -0.4 is 0 Å². The van der Waals surface area contributed by atoms with Crippen LogP contribution in [0.25, 0.3) is 11.0 Å². The van der Waals surface area contributed by atoms with E-state index in [4.69, 9.17) is 9.72 Å². The van der Waals surface area contributed by atoms with E-state index in [0.717, 1.165) is 43.9 Å².